The smallest absolute Gasteiger partial charge is 0.416 e. The number of carbonyl (C=O) groups excluding carboxylic acids is 1. The molecule has 126 valence electrons. The maximum Gasteiger partial charge on any atom is 0.416 e. The van der Waals surface area contributed by atoms with Crippen molar-refractivity contribution in [3.63, 3.8) is 0 Å². The lowest BCUT2D eigenvalue weighted by Crippen LogP contribution is -2.24. The molecular formula is C16H12ClF3N2O2. The van der Waals surface area contributed by atoms with E-state index in [4.69, 9.17) is 16.3 Å². The topological polar surface area (TPSA) is 50.7 Å². The van der Waals surface area contributed by atoms with Crippen LogP contribution in [0.4, 0.5) is 13.2 Å². The number of hydrogen-bond donors (Lipinski definition) is 1. The largest absolute Gasteiger partial charge is 0.482 e. The second kappa shape index (κ2) is 7.83. The molecule has 0 unspecified atom stereocenters. The fraction of sp³-hybridized carbons (Fsp3) is 0.125. The zero-order chi connectivity index (χ0) is 17.6. The van der Waals surface area contributed by atoms with Gasteiger partial charge >= 0.3 is 6.18 Å². The monoisotopic (exact) mass is 356 g/mol. The van der Waals surface area contributed by atoms with E-state index in [1.165, 1.54) is 12.1 Å². The quantitative estimate of drug-likeness (QED) is 0.652. The first-order valence-electron chi connectivity index (χ1n) is 6.73. The summed E-state index contributed by atoms with van der Waals surface area (Å²) < 4.78 is 42.9. The molecule has 0 bridgehead atoms. The Morgan fingerprint density at radius 2 is 1.96 bits per heavy atom. The highest BCUT2D eigenvalue weighted by molar-refractivity contribution is 6.32. The van der Waals surface area contributed by atoms with Crippen molar-refractivity contribution in [3.05, 3.63) is 64.7 Å². The summed E-state index contributed by atoms with van der Waals surface area (Å²) in [5.74, 6) is -0.227. The number of amides is 1. The van der Waals surface area contributed by atoms with Gasteiger partial charge in [-0.3, -0.25) is 4.79 Å². The van der Waals surface area contributed by atoms with E-state index in [9.17, 15) is 18.0 Å². The van der Waals surface area contributed by atoms with Crippen molar-refractivity contribution in [1.82, 2.24) is 5.43 Å². The molecule has 2 aromatic rings. The fourth-order valence-corrected chi connectivity index (χ4v) is 1.90. The molecule has 0 atom stereocenters. The van der Waals surface area contributed by atoms with Gasteiger partial charge in [-0.2, -0.15) is 18.3 Å². The summed E-state index contributed by atoms with van der Waals surface area (Å²) in [6.07, 6.45) is -3.32. The number of hydrogen-bond acceptors (Lipinski definition) is 3. The lowest BCUT2D eigenvalue weighted by molar-refractivity contribution is -0.137. The lowest BCUT2D eigenvalue weighted by atomic mass is 10.1. The molecular weight excluding hydrogens is 345 g/mol. The second-order valence-electron chi connectivity index (χ2n) is 4.64. The molecule has 0 aliphatic rings. The number of carbonyl (C=O) groups is 1. The van der Waals surface area contributed by atoms with Gasteiger partial charge in [0.2, 0.25) is 0 Å². The first kappa shape index (κ1) is 17.8. The fourth-order valence-electron chi connectivity index (χ4n) is 1.71. The number of benzene rings is 2. The van der Waals surface area contributed by atoms with Crippen molar-refractivity contribution < 1.29 is 22.7 Å². The minimum atomic E-state index is -4.43. The average Bonchev–Trinajstić information content (AvgIpc) is 2.54. The van der Waals surface area contributed by atoms with Crippen LogP contribution in [0.2, 0.25) is 5.02 Å². The van der Waals surface area contributed by atoms with Crippen molar-refractivity contribution >= 4 is 23.7 Å². The summed E-state index contributed by atoms with van der Waals surface area (Å²) in [5, 5.41) is 3.95. The minimum Gasteiger partial charge on any atom is -0.482 e. The third-order valence-electron chi connectivity index (χ3n) is 2.81. The Kier molecular flexibility index (Phi) is 5.81. The van der Waals surface area contributed by atoms with Gasteiger partial charge in [0.05, 0.1) is 16.8 Å². The molecule has 0 aliphatic carbocycles. The average molecular weight is 357 g/mol. The van der Waals surface area contributed by atoms with Gasteiger partial charge in [0.15, 0.2) is 6.61 Å². The molecule has 0 fully saturated rings. The van der Waals surface area contributed by atoms with Crippen LogP contribution >= 0.6 is 11.6 Å². The molecule has 0 heterocycles. The third kappa shape index (κ3) is 5.27. The molecule has 0 saturated carbocycles. The van der Waals surface area contributed by atoms with E-state index in [2.05, 4.69) is 10.5 Å². The third-order valence-corrected chi connectivity index (χ3v) is 3.12. The summed E-state index contributed by atoms with van der Waals surface area (Å²) >= 11 is 5.87. The van der Waals surface area contributed by atoms with Crippen LogP contribution < -0.4 is 10.2 Å². The first-order valence-corrected chi connectivity index (χ1v) is 7.10. The van der Waals surface area contributed by atoms with Crippen molar-refractivity contribution in [3.8, 4) is 5.75 Å². The molecule has 0 aliphatic heterocycles. The summed E-state index contributed by atoms with van der Waals surface area (Å²) in [5.41, 5.74) is 1.57. The van der Waals surface area contributed by atoms with Crippen LogP contribution in [0.15, 0.2) is 53.6 Å². The van der Waals surface area contributed by atoms with Crippen LogP contribution in [0.1, 0.15) is 11.1 Å². The van der Waals surface area contributed by atoms with E-state index >= 15 is 0 Å². The molecule has 0 saturated heterocycles. The zero-order valence-corrected chi connectivity index (χ0v) is 12.9. The van der Waals surface area contributed by atoms with Crippen molar-refractivity contribution in [2.75, 3.05) is 6.61 Å². The summed E-state index contributed by atoms with van der Waals surface area (Å²) in [4.78, 5) is 11.6. The molecule has 24 heavy (non-hydrogen) atoms. The van der Waals surface area contributed by atoms with E-state index in [0.29, 0.717) is 10.8 Å². The number of alkyl halides is 3. The van der Waals surface area contributed by atoms with E-state index in [0.717, 1.165) is 18.3 Å². The Morgan fingerprint density at radius 1 is 1.21 bits per heavy atom. The van der Waals surface area contributed by atoms with Crippen molar-refractivity contribution in [2.45, 2.75) is 6.18 Å². The molecule has 8 heteroatoms. The van der Waals surface area contributed by atoms with Gasteiger partial charge in [-0.05, 0) is 29.8 Å². The second-order valence-corrected chi connectivity index (χ2v) is 5.04. The summed E-state index contributed by atoms with van der Waals surface area (Å²) in [7, 11) is 0. The predicted molar refractivity (Wildman–Crippen MR) is 84.1 cm³/mol. The van der Waals surface area contributed by atoms with Gasteiger partial charge in [0, 0.05) is 0 Å². The molecule has 1 amide bonds. The van der Waals surface area contributed by atoms with E-state index in [-0.39, 0.29) is 12.2 Å². The number of hydrazone groups is 1. The SMILES string of the molecule is O=C(COc1ccccc1Cl)NN=Cc1cccc(C(F)(F)F)c1. The summed E-state index contributed by atoms with van der Waals surface area (Å²) in [6.45, 7) is -0.330. The van der Waals surface area contributed by atoms with E-state index < -0.39 is 17.6 Å². The van der Waals surface area contributed by atoms with Crippen molar-refractivity contribution in [2.24, 2.45) is 5.10 Å². The van der Waals surface area contributed by atoms with Gasteiger partial charge in [-0.15, -0.1) is 0 Å². The van der Waals surface area contributed by atoms with Gasteiger partial charge in [-0.1, -0.05) is 35.9 Å². The number of para-hydroxylation sites is 1. The highest BCUT2D eigenvalue weighted by Crippen LogP contribution is 2.29. The van der Waals surface area contributed by atoms with Gasteiger partial charge in [0.1, 0.15) is 5.75 Å². The molecule has 2 aromatic carbocycles. The van der Waals surface area contributed by atoms with Gasteiger partial charge in [-0.25, -0.2) is 5.43 Å². The zero-order valence-electron chi connectivity index (χ0n) is 12.2. The molecule has 2 rings (SSSR count). The number of halogens is 4. The van der Waals surface area contributed by atoms with E-state index in [1.54, 1.807) is 24.3 Å². The number of nitrogens with zero attached hydrogens (tertiary/aromatic N) is 1. The Bertz CT molecular complexity index is 748. The maximum atomic E-state index is 12.6. The predicted octanol–water partition coefficient (Wildman–Crippen LogP) is 3.89. The Hall–Kier alpha value is -2.54. The number of rotatable bonds is 5. The molecule has 1 N–H and O–H groups in total. The molecule has 0 aromatic heterocycles. The summed E-state index contributed by atoms with van der Waals surface area (Å²) in [6, 6.07) is 11.2. The first-order chi connectivity index (χ1) is 11.4. The number of nitrogens with one attached hydrogen (secondary N) is 1. The lowest BCUT2D eigenvalue weighted by Gasteiger charge is -2.07. The maximum absolute atomic E-state index is 12.6. The Balaban J connectivity index is 1.88. The van der Waals surface area contributed by atoms with Gasteiger partial charge in [0.25, 0.3) is 5.91 Å². The van der Waals surface area contributed by atoms with Gasteiger partial charge < -0.3 is 4.74 Å². The van der Waals surface area contributed by atoms with Crippen LogP contribution in [0.5, 0.6) is 5.75 Å². The minimum absolute atomic E-state index is 0.206. The standard InChI is InChI=1S/C16H12ClF3N2O2/c17-13-6-1-2-7-14(13)24-10-15(23)22-21-9-11-4-3-5-12(8-11)16(18,19)20/h1-9H,10H2,(H,22,23). The highest BCUT2D eigenvalue weighted by Gasteiger charge is 2.30. The Labute approximate surface area is 140 Å². The van der Waals surface area contributed by atoms with Crippen LogP contribution in [0.25, 0.3) is 0 Å². The van der Waals surface area contributed by atoms with Crippen LogP contribution in [0.3, 0.4) is 0 Å². The Morgan fingerprint density at radius 3 is 2.67 bits per heavy atom. The molecule has 0 spiro atoms. The number of ether oxygens (including phenoxy) is 1. The normalized spacial score (nSPS) is 11.5. The van der Waals surface area contributed by atoms with Crippen LogP contribution in [-0.2, 0) is 11.0 Å². The molecule has 4 nitrogen and oxygen atoms in total. The van der Waals surface area contributed by atoms with E-state index in [1.807, 2.05) is 0 Å². The molecule has 0 radical (unpaired) electrons. The highest BCUT2D eigenvalue weighted by atomic mass is 35.5. The van der Waals surface area contributed by atoms with Crippen LogP contribution in [-0.4, -0.2) is 18.7 Å². The van der Waals surface area contributed by atoms with Crippen molar-refractivity contribution in [1.29, 1.82) is 0 Å². The van der Waals surface area contributed by atoms with Crippen LogP contribution in [0, 0.1) is 0 Å².